The second-order valence-corrected chi connectivity index (χ2v) is 8.82. The number of anilines is 2. The van der Waals surface area contributed by atoms with E-state index in [0.717, 1.165) is 40.6 Å². The van der Waals surface area contributed by atoms with E-state index in [1.807, 2.05) is 62.1 Å². The number of benzene rings is 2. The van der Waals surface area contributed by atoms with Gasteiger partial charge < -0.3 is 14.7 Å². The van der Waals surface area contributed by atoms with E-state index in [-0.39, 0.29) is 18.4 Å². The SMILES string of the molecule is Cc1ccc2c(c1)C(C)(C)C(=O)N2CC(=O)N1CCN(c2ccc(Cl)cc2)CC1. The Morgan fingerprint density at radius 3 is 2.34 bits per heavy atom. The fraction of sp³-hybridized carbons (Fsp3) is 0.391. The molecule has 0 atom stereocenters. The molecule has 0 bridgehead atoms. The van der Waals surface area contributed by atoms with Crippen LogP contribution in [0.3, 0.4) is 0 Å². The number of hydrogen-bond donors (Lipinski definition) is 0. The van der Waals surface area contributed by atoms with Crippen LogP contribution < -0.4 is 9.80 Å². The molecular formula is C23H26ClN3O2. The lowest BCUT2D eigenvalue weighted by atomic mass is 9.85. The van der Waals surface area contributed by atoms with E-state index >= 15 is 0 Å². The number of amides is 2. The van der Waals surface area contributed by atoms with Crippen molar-refractivity contribution >= 4 is 34.8 Å². The minimum absolute atomic E-state index is 0.00155. The number of aryl methyl sites for hydroxylation is 1. The number of carbonyl (C=O) groups is 2. The average Bonchev–Trinajstić information content (AvgIpc) is 2.89. The Hall–Kier alpha value is -2.53. The summed E-state index contributed by atoms with van der Waals surface area (Å²) in [7, 11) is 0. The molecule has 6 heteroatoms. The third-order valence-electron chi connectivity index (χ3n) is 6.01. The highest BCUT2D eigenvalue weighted by Crippen LogP contribution is 2.41. The summed E-state index contributed by atoms with van der Waals surface area (Å²) in [5, 5.41) is 0.719. The van der Waals surface area contributed by atoms with E-state index in [1.54, 1.807) is 4.90 Å². The molecule has 1 saturated heterocycles. The van der Waals surface area contributed by atoms with E-state index < -0.39 is 5.41 Å². The maximum atomic E-state index is 13.0. The van der Waals surface area contributed by atoms with Gasteiger partial charge in [-0.2, -0.15) is 0 Å². The van der Waals surface area contributed by atoms with E-state index in [0.29, 0.717) is 13.1 Å². The topological polar surface area (TPSA) is 43.9 Å². The molecule has 0 aliphatic carbocycles. The van der Waals surface area contributed by atoms with Crippen LogP contribution in [-0.2, 0) is 15.0 Å². The number of fused-ring (bicyclic) bond motifs is 1. The molecule has 2 aromatic carbocycles. The first-order valence-electron chi connectivity index (χ1n) is 9.99. The Morgan fingerprint density at radius 1 is 1.03 bits per heavy atom. The number of halogens is 1. The first-order chi connectivity index (χ1) is 13.8. The number of rotatable bonds is 3. The first kappa shape index (κ1) is 19.8. The van der Waals surface area contributed by atoms with Crippen molar-refractivity contribution in [2.45, 2.75) is 26.2 Å². The Balaban J connectivity index is 1.43. The maximum absolute atomic E-state index is 13.0. The van der Waals surface area contributed by atoms with E-state index in [1.165, 1.54) is 0 Å². The van der Waals surface area contributed by atoms with Crippen LogP contribution in [-0.4, -0.2) is 49.4 Å². The molecule has 0 N–H and O–H groups in total. The predicted octanol–water partition coefficient (Wildman–Crippen LogP) is 3.62. The highest BCUT2D eigenvalue weighted by Gasteiger charge is 2.44. The molecule has 2 aromatic rings. The van der Waals surface area contributed by atoms with Gasteiger partial charge in [0.15, 0.2) is 0 Å². The molecule has 2 aliphatic rings. The van der Waals surface area contributed by atoms with Gasteiger partial charge in [-0.15, -0.1) is 0 Å². The molecule has 0 radical (unpaired) electrons. The number of hydrogen-bond acceptors (Lipinski definition) is 3. The normalized spacial score (nSPS) is 18.2. The summed E-state index contributed by atoms with van der Waals surface area (Å²) in [5.74, 6) is -0.00965. The lowest BCUT2D eigenvalue weighted by molar-refractivity contribution is -0.132. The van der Waals surface area contributed by atoms with Crippen LogP contribution >= 0.6 is 11.6 Å². The molecule has 152 valence electrons. The van der Waals surface area contributed by atoms with E-state index in [9.17, 15) is 9.59 Å². The smallest absolute Gasteiger partial charge is 0.242 e. The van der Waals surface area contributed by atoms with Crippen molar-refractivity contribution in [2.24, 2.45) is 0 Å². The van der Waals surface area contributed by atoms with Crippen LogP contribution in [0.25, 0.3) is 0 Å². The van der Waals surface area contributed by atoms with E-state index in [4.69, 9.17) is 11.6 Å². The number of piperazine rings is 1. The zero-order valence-corrected chi connectivity index (χ0v) is 17.9. The summed E-state index contributed by atoms with van der Waals surface area (Å²) < 4.78 is 0. The largest absolute Gasteiger partial charge is 0.368 e. The zero-order valence-electron chi connectivity index (χ0n) is 17.1. The van der Waals surface area contributed by atoms with Crippen molar-refractivity contribution in [3.05, 3.63) is 58.6 Å². The van der Waals surface area contributed by atoms with Gasteiger partial charge in [-0.1, -0.05) is 29.3 Å². The Morgan fingerprint density at radius 2 is 1.69 bits per heavy atom. The molecule has 1 fully saturated rings. The van der Waals surface area contributed by atoms with Gasteiger partial charge in [-0.05, 0) is 56.7 Å². The third-order valence-corrected chi connectivity index (χ3v) is 6.27. The first-order valence-corrected chi connectivity index (χ1v) is 10.4. The van der Waals surface area contributed by atoms with Crippen molar-refractivity contribution in [3.8, 4) is 0 Å². The highest BCUT2D eigenvalue weighted by molar-refractivity contribution is 6.30. The molecule has 2 heterocycles. The van der Waals surface area contributed by atoms with Gasteiger partial charge in [0.1, 0.15) is 6.54 Å². The second-order valence-electron chi connectivity index (χ2n) is 8.38. The third kappa shape index (κ3) is 3.60. The van der Waals surface area contributed by atoms with Crippen molar-refractivity contribution in [1.29, 1.82) is 0 Å². The molecule has 5 nitrogen and oxygen atoms in total. The quantitative estimate of drug-likeness (QED) is 0.774. The molecular weight excluding hydrogens is 386 g/mol. The van der Waals surface area contributed by atoms with Crippen LogP contribution in [0.5, 0.6) is 0 Å². The summed E-state index contributed by atoms with van der Waals surface area (Å²) in [4.78, 5) is 31.8. The minimum Gasteiger partial charge on any atom is -0.368 e. The van der Waals surface area contributed by atoms with Gasteiger partial charge in [0.25, 0.3) is 0 Å². The Kier molecular flexibility index (Phi) is 5.03. The molecule has 0 aromatic heterocycles. The van der Waals surface area contributed by atoms with Gasteiger partial charge >= 0.3 is 0 Å². The van der Waals surface area contributed by atoms with Crippen LogP contribution in [0.4, 0.5) is 11.4 Å². The highest BCUT2D eigenvalue weighted by atomic mass is 35.5. The summed E-state index contributed by atoms with van der Waals surface area (Å²) in [5.41, 5.74) is 3.49. The standard InChI is InChI=1S/C23H26ClN3O2/c1-16-4-9-20-19(14-16)23(2,3)22(29)27(20)15-21(28)26-12-10-25(11-13-26)18-7-5-17(24)6-8-18/h4-9,14H,10-13,15H2,1-3H3. The van der Waals surface area contributed by atoms with Gasteiger partial charge in [0.05, 0.1) is 5.41 Å². The van der Waals surface area contributed by atoms with Crippen LogP contribution in [0.1, 0.15) is 25.0 Å². The van der Waals surface area contributed by atoms with Gasteiger partial charge in [0.2, 0.25) is 11.8 Å². The van der Waals surface area contributed by atoms with Crippen LogP contribution in [0.2, 0.25) is 5.02 Å². The minimum atomic E-state index is -0.602. The molecule has 2 aliphatic heterocycles. The molecule has 2 amide bonds. The molecule has 0 unspecified atom stereocenters. The number of carbonyl (C=O) groups excluding carboxylic acids is 2. The van der Waals surface area contributed by atoms with Crippen molar-refractivity contribution in [1.82, 2.24) is 4.90 Å². The zero-order chi connectivity index (χ0) is 20.8. The van der Waals surface area contributed by atoms with Crippen LogP contribution in [0, 0.1) is 6.92 Å². The summed E-state index contributed by atoms with van der Waals surface area (Å²) >= 11 is 5.97. The van der Waals surface area contributed by atoms with Gasteiger partial charge in [0, 0.05) is 42.6 Å². The Labute approximate surface area is 176 Å². The molecule has 0 saturated carbocycles. The Bertz CT molecular complexity index is 947. The lowest BCUT2D eigenvalue weighted by Gasteiger charge is -2.36. The molecule has 29 heavy (non-hydrogen) atoms. The maximum Gasteiger partial charge on any atom is 0.242 e. The van der Waals surface area contributed by atoms with Gasteiger partial charge in [-0.25, -0.2) is 0 Å². The molecule has 4 rings (SSSR count). The second kappa shape index (κ2) is 7.38. The number of nitrogens with zero attached hydrogens (tertiary/aromatic N) is 3. The summed E-state index contributed by atoms with van der Waals surface area (Å²) in [6.07, 6.45) is 0. The fourth-order valence-corrected chi connectivity index (χ4v) is 4.33. The summed E-state index contributed by atoms with van der Waals surface area (Å²) in [6.45, 7) is 8.81. The fourth-order valence-electron chi connectivity index (χ4n) is 4.21. The van der Waals surface area contributed by atoms with Crippen molar-refractivity contribution in [2.75, 3.05) is 42.5 Å². The van der Waals surface area contributed by atoms with E-state index in [2.05, 4.69) is 11.0 Å². The average molecular weight is 412 g/mol. The van der Waals surface area contributed by atoms with Crippen molar-refractivity contribution < 1.29 is 9.59 Å². The predicted molar refractivity (Wildman–Crippen MR) is 117 cm³/mol. The van der Waals surface area contributed by atoms with Crippen LogP contribution in [0.15, 0.2) is 42.5 Å². The van der Waals surface area contributed by atoms with Gasteiger partial charge in [-0.3, -0.25) is 9.59 Å². The monoisotopic (exact) mass is 411 g/mol. The molecule has 0 spiro atoms. The van der Waals surface area contributed by atoms with Crippen molar-refractivity contribution in [3.63, 3.8) is 0 Å². The summed E-state index contributed by atoms with van der Waals surface area (Å²) in [6, 6.07) is 13.8. The lowest BCUT2D eigenvalue weighted by Crippen LogP contribution is -2.52.